The Morgan fingerprint density at radius 2 is 1.92 bits per heavy atom. The molecule has 1 fully saturated rings. The lowest BCUT2D eigenvalue weighted by Crippen LogP contribution is -2.27. The quantitative estimate of drug-likeness (QED) is 0.806. The second-order valence-corrected chi connectivity index (χ2v) is 7.04. The molecule has 24 heavy (non-hydrogen) atoms. The summed E-state index contributed by atoms with van der Waals surface area (Å²) in [4.78, 5) is 14.9. The molecule has 3 rings (SSSR count). The van der Waals surface area contributed by atoms with Gasteiger partial charge in [0.15, 0.2) is 0 Å². The van der Waals surface area contributed by atoms with Crippen molar-refractivity contribution < 1.29 is 22.0 Å². The van der Waals surface area contributed by atoms with Gasteiger partial charge in [-0.1, -0.05) is 0 Å². The molecule has 0 saturated heterocycles. The third-order valence-electron chi connectivity index (χ3n) is 3.37. The molecule has 0 bridgehead atoms. The summed E-state index contributed by atoms with van der Waals surface area (Å²) in [5.74, 6) is -2.41. The summed E-state index contributed by atoms with van der Waals surface area (Å²) >= 11 is 0. The van der Waals surface area contributed by atoms with Crippen LogP contribution in [0.25, 0.3) is 0 Å². The van der Waals surface area contributed by atoms with Gasteiger partial charge in [0, 0.05) is 29.6 Å². The fourth-order valence-corrected chi connectivity index (χ4v) is 3.43. The van der Waals surface area contributed by atoms with Gasteiger partial charge in [0.1, 0.15) is 10.7 Å². The van der Waals surface area contributed by atoms with Crippen molar-refractivity contribution in [3.63, 3.8) is 0 Å². The van der Waals surface area contributed by atoms with E-state index in [0.717, 1.165) is 24.3 Å². The average Bonchev–Trinajstić information content (AvgIpc) is 3.30. The topological polar surface area (TPSA) is 88.2 Å². The van der Waals surface area contributed by atoms with Crippen LogP contribution in [0.5, 0.6) is 0 Å². The second kappa shape index (κ2) is 6.25. The number of nitrogens with zero attached hydrogens (tertiary/aromatic N) is 1. The molecule has 1 amide bonds. The third-order valence-corrected chi connectivity index (χ3v) is 4.90. The normalized spacial score (nSPS) is 14.4. The van der Waals surface area contributed by atoms with Crippen molar-refractivity contribution in [2.75, 3.05) is 5.32 Å². The summed E-state index contributed by atoms with van der Waals surface area (Å²) in [5, 5.41) is 2.39. The van der Waals surface area contributed by atoms with E-state index in [-0.39, 0.29) is 17.3 Å². The summed E-state index contributed by atoms with van der Waals surface area (Å²) < 4.78 is 53.5. The molecule has 1 aliphatic carbocycles. The standard InChI is InChI=1S/C15H13F2N3O3S/c16-12-4-1-9(7-13(12)24(22,23)20-10-2-3-10)15(21)19-11-5-6-18-14(17)8-11/h1,4-8,10,20H,2-3H2,(H,18,19,21). The molecular weight excluding hydrogens is 340 g/mol. The zero-order chi connectivity index (χ0) is 17.3. The maximum Gasteiger partial charge on any atom is 0.255 e. The van der Waals surface area contributed by atoms with E-state index in [1.807, 2.05) is 0 Å². The van der Waals surface area contributed by atoms with Crippen LogP contribution in [0.1, 0.15) is 23.2 Å². The maximum absolute atomic E-state index is 13.9. The van der Waals surface area contributed by atoms with Crippen molar-refractivity contribution in [2.45, 2.75) is 23.8 Å². The highest BCUT2D eigenvalue weighted by Gasteiger charge is 2.30. The largest absolute Gasteiger partial charge is 0.322 e. The van der Waals surface area contributed by atoms with Crippen molar-refractivity contribution in [2.24, 2.45) is 0 Å². The fourth-order valence-electron chi connectivity index (χ4n) is 2.02. The first-order valence-corrected chi connectivity index (χ1v) is 8.58. The first-order valence-electron chi connectivity index (χ1n) is 7.10. The first-order chi connectivity index (χ1) is 11.3. The lowest BCUT2D eigenvalue weighted by Gasteiger charge is -2.09. The molecule has 9 heteroatoms. The molecule has 2 N–H and O–H groups in total. The Balaban J connectivity index is 1.86. The van der Waals surface area contributed by atoms with E-state index in [1.54, 1.807) is 0 Å². The molecule has 0 aliphatic heterocycles. The van der Waals surface area contributed by atoms with Gasteiger partial charge in [-0.3, -0.25) is 4.79 Å². The van der Waals surface area contributed by atoms with Gasteiger partial charge in [-0.15, -0.1) is 0 Å². The predicted molar refractivity (Wildman–Crippen MR) is 81.9 cm³/mol. The maximum atomic E-state index is 13.9. The summed E-state index contributed by atoms with van der Waals surface area (Å²) in [6.45, 7) is 0. The Kier molecular flexibility index (Phi) is 4.29. The van der Waals surface area contributed by atoms with Crippen molar-refractivity contribution in [3.8, 4) is 0 Å². The smallest absolute Gasteiger partial charge is 0.255 e. The summed E-state index contributed by atoms with van der Waals surface area (Å²) in [7, 11) is -4.04. The first kappa shape index (κ1) is 16.5. The molecule has 1 heterocycles. The van der Waals surface area contributed by atoms with Crippen LogP contribution in [0, 0.1) is 11.8 Å². The summed E-state index contributed by atoms with van der Waals surface area (Å²) in [6.07, 6.45) is 2.58. The Hall–Kier alpha value is -2.39. The molecule has 0 atom stereocenters. The van der Waals surface area contributed by atoms with Crippen molar-refractivity contribution in [3.05, 3.63) is 53.9 Å². The van der Waals surface area contributed by atoms with Crippen LogP contribution in [0.3, 0.4) is 0 Å². The Morgan fingerprint density at radius 3 is 2.58 bits per heavy atom. The van der Waals surface area contributed by atoms with Crippen molar-refractivity contribution in [1.29, 1.82) is 0 Å². The molecule has 0 radical (unpaired) electrons. The molecule has 0 unspecified atom stereocenters. The van der Waals surface area contributed by atoms with Crippen LogP contribution in [0.4, 0.5) is 14.5 Å². The zero-order valence-corrected chi connectivity index (χ0v) is 13.1. The number of benzene rings is 1. The average molecular weight is 353 g/mol. The van der Waals surface area contributed by atoms with Gasteiger partial charge >= 0.3 is 0 Å². The van der Waals surface area contributed by atoms with Gasteiger partial charge in [0.05, 0.1) is 0 Å². The number of anilines is 1. The molecule has 1 aromatic heterocycles. The Bertz CT molecular complexity index is 899. The van der Waals surface area contributed by atoms with Crippen LogP contribution in [-0.2, 0) is 10.0 Å². The number of carbonyl (C=O) groups excluding carboxylic acids is 1. The lowest BCUT2D eigenvalue weighted by molar-refractivity contribution is 0.102. The highest BCUT2D eigenvalue weighted by Crippen LogP contribution is 2.24. The van der Waals surface area contributed by atoms with Crippen LogP contribution >= 0.6 is 0 Å². The van der Waals surface area contributed by atoms with E-state index in [2.05, 4.69) is 15.0 Å². The SMILES string of the molecule is O=C(Nc1ccnc(F)c1)c1ccc(F)c(S(=O)(=O)NC2CC2)c1. The minimum absolute atomic E-state index is 0.0650. The Morgan fingerprint density at radius 1 is 1.17 bits per heavy atom. The van der Waals surface area contributed by atoms with E-state index >= 15 is 0 Å². The van der Waals surface area contributed by atoms with Gasteiger partial charge in [-0.2, -0.15) is 4.39 Å². The van der Waals surface area contributed by atoms with Gasteiger partial charge in [0.2, 0.25) is 16.0 Å². The molecule has 1 aliphatic rings. The van der Waals surface area contributed by atoms with E-state index < -0.39 is 32.6 Å². The molecule has 6 nitrogen and oxygen atoms in total. The Labute approximate surface area is 137 Å². The highest BCUT2D eigenvalue weighted by atomic mass is 32.2. The molecule has 2 aromatic rings. The highest BCUT2D eigenvalue weighted by molar-refractivity contribution is 7.89. The number of amides is 1. The monoisotopic (exact) mass is 353 g/mol. The third kappa shape index (κ3) is 3.74. The molecule has 0 spiro atoms. The lowest BCUT2D eigenvalue weighted by atomic mass is 10.2. The number of halogens is 2. The number of carbonyl (C=O) groups is 1. The predicted octanol–water partition coefficient (Wildman–Crippen LogP) is 2.05. The van der Waals surface area contributed by atoms with E-state index in [0.29, 0.717) is 12.8 Å². The minimum atomic E-state index is -4.04. The number of hydrogen-bond acceptors (Lipinski definition) is 4. The van der Waals surface area contributed by atoms with Gasteiger partial charge in [-0.05, 0) is 37.1 Å². The number of rotatable bonds is 5. The van der Waals surface area contributed by atoms with Crippen LogP contribution in [-0.4, -0.2) is 25.4 Å². The minimum Gasteiger partial charge on any atom is -0.322 e. The van der Waals surface area contributed by atoms with Crippen molar-refractivity contribution in [1.82, 2.24) is 9.71 Å². The van der Waals surface area contributed by atoms with Gasteiger partial charge in [-0.25, -0.2) is 22.5 Å². The zero-order valence-electron chi connectivity index (χ0n) is 12.3. The summed E-state index contributed by atoms with van der Waals surface area (Å²) in [5.41, 5.74) is 0.0853. The number of pyridine rings is 1. The summed E-state index contributed by atoms with van der Waals surface area (Å²) in [6, 6.07) is 5.20. The number of sulfonamides is 1. The van der Waals surface area contributed by atoms with E-state index in [1.165, 1.54) is 12.3 Å². The number of aromatic nitrogens is 1. The van der Waals surface area contributed by atoms with Crippen molar-refractivity contribution >= 4 is 21.6 Å². The van der Waals surface area contributed by atoms with E-state index in [4.69, 9.17) is 0 Å². The van der Waals surface area contributed by atoms with E-state index in [9.17, 15) is 22.0 Å². The van der Waals surface area contributed by atoms with Crippen LogP contribution in [0.15, 0.2) is 41.4 Å². The fraction of sp³-hybridized carbons (Fsp3) is 0.200. The molecule has 1 aromatic carbocycles. The number of hydrogen-bond donors (Lipinski definition) is 2. The van der Waals surface area contributed by atoms with Gasteiger partial charge < -0.3 is 5.32 Å². The van der Waals surface area contributed by atoms with Gasteiger partial charge in [0.25, 0.3) is 5.91 Å². The second-order valence-electron chi connectivity index (χ2n) is 5.36. The number of nitrogens with one attached hydrogen (secondary N) is 2. The molecular formula is C15H13F2N3O3S. The molecule has 1 saturated carbocycles. The molecule has 126 valence electrons. The van der Waals surface area contributed by atoms with Crippen LogP contribution < -0.4 is 10.0 Å². The van der Waals surface area contributed by atoms with Crippen LogP contribution in [0.2, 0.25) is 0 Å².